The number of hydrogen-bond donors (Lipinski definition) is 4. The van der Waals surface area contributed by atoms with Gasteiger partial charge in [0.05, 0.1) is 6.04 Å². The Morgan fingerprint density at radius 3 is 2.06 bits per heavy atom. The number of hydrogen-bond acceptors (Lipinski definition) is 4. The van der Waals surface area contributed by atoms with Crippen LogP contribution >= 0.6 is 0 Å². The summed E-state index contributed by atoms with van der Waals surface area (Å²) >= 11 is 0. The lowest BCUT2D eigenvalue weighted by molar-refractivity contribution is -0.137. The van der Waals surface area contributed by atoms with E-state index < -0.39 is 23.4 Å². The van der Waals surface area contributed by atoms with Gasteiger partial charge in [0.1, 0.15) is 0 Å². The number of carboxylic acid groups (broad SMARTS) is 2. The van der Waals surface area contributed by atoms with E-state index in [2.05, 4.69) is 5.32 Å². The highest BCUT2D eigenvalue weighted by Crippen LogP contribution is 2.54. The summed E-state index contributed by atoms with van der Waals surface area (Å²) in [6.07, 6.45) is 0.692. The van der Waals surface area contributed by atoms with E-state index in [1.807, 2.05) is 66.7 Å². The topological polar surface area (TPSA) is 130 Å². The number of benzene rings is 3. The molecule has 0 aromatic heterocycles. The number of carbonyl (C=O) groups is 3. The van der Waals surface area contributed by atoms with E-state index in [0.717, 1.165) is 27.8 Å². The number of carbonyl (C=O) groups excluding carboxylic acids is 1. The van der Waals surface area contributed by atoms with Crippen LogP contribution in [0.15, 0.2) is 72.8 Å². The SMILES string of the molecule is NC(Cc1ccccc1)C(=O)Nc1ccc2c(c1)C(CCC(=O)O)(CCC(=O)O)c1ccccc1-2. The third-order valence-electron chi connectivity index (χ3n) is 6.70. The van der Waals surface area contributed by atoms with Gasteiger partial charge in [-0.3, -0.25) is 14.4 Å². The van der Waals surface area contributed by atoms with Crippen LogP contribution in [0.2, 0.25) is 0 Å². The fraction of sp³-hybridized carbons (Fsp3) is 0.250. The molecule has 1 atom stereocenters. The lowest BCUT2D eigenvalue weighted by Gasteiger charge is -2.32. The number of carboxylic acids is 2. The molecule has 0 spiro atoms. The Labute approximate surface area is 203 Å². The zero-order valence-electron chi connectivity index (χ0n) is 19.2. The molecule has 0 fully saturated rings. The standard InChI is InChI=1S/C28H28N2O5/c29-24(16-18-6-2-1-3-7-18)27(35)30-19-10-11-21-20-8-4-5-9-22(20)28(23(21)17-19,14-12-25(31)32)15-13-26(33)34/h1-11,17,24H,12-16,29H2,(H,30,35)(H,31,32)(H,33,34). The molecule has 7 nitrogen and oxygen atoms in total. The van der Waals surface area contributed by atoms with Crippen molar-refractivity contribution in [3.8, 4) is 11.1 Å². The van der Waals surface area contributed by atoms with Crippen molar-refractivity contribution in [2.45, 2.75) is 43.6 Å². The van der Waals surface area contributed by atoms with Gasteiger partial charge in [-0.25, -0.2) is 0 Å². The highest BCUT2D eigenvalue weighted by atomic mass is 16.4. The normalized spacial score (nSPS) is 14.0. The van der Waals surface area contributed by atoms with Crippen LogP contribution in [0.4, 0.5) is 5.69 Å². The van der Waals surface area contributed by atoms with Crippen molar-refractivity contribution in [1.82, 2.24) is 0 Å². The van der Waals surface area contributed by atoms with Crippen LogP contribution in [-0.4, -0.2) is 34.1 Å². The number of rotatable bonds is 10. The predicted octanol–water partition coefficient (Wildman–Crippen LogP) is 4.19. The highest BCUT2D eigenvalue weighted by molar-refractivity contribution is 5.96. The molecule has 0 radical (unpaired) electrons. The monoisotopic (exact) mass is 472 g/mol. The van der Waals surface area contributed by atoms with Gasteiger partial charge in [-0.2, -0.15) is 0 Å². The first-order chi connectivity index (χ1) is 16.8. The van der Waals surface area contributed by atoms with E-state index in [9.17, 15) is 24.6 Å². The molecular formula is C28H28N2O5. The molecule has 1 amide bonds. The Hall–Kier alpha value is -3.97. The molecule has 35 heavy (non-hydrogen) atoms. The number of amides is 1. The Balaban J connectivity index is 1.67. The van der Waals surface area contributed by atoms with E-state index in [1.165, 1.54) is 0 Å². The largest absolute Gasteiger partial charge is 0.481 e. The van der Waals surface area contributed by atoms with Crippen molar-refractivity contribution < 1.29 is 24.6 Å². The average Bonchev–Trinajstić information content (AvgIpc) is 3.11. The summed E-state index contributed by atoms with van der Waals surface area (Å²) in [5.74, 6) is -2.21. The van der Waals surface area contributed by atoms with Crippen molar-refractivity contribution in [3.63, 3.8) is 0 Å². The first-order valence-corrected chi connectivity index (χ1v) is 11.6. The quantitative estimate of drug-likeness (QED) is 0.350. The van der Waals surface area contributed by atoms with Crippen molar-refractivity contribution >= 4 is 23.5 Å². The van der Waals surface area contributed by atoms with Gasteiger partial charge in [0.2, 0.25) is 5.91 Å². The Bertz CT molecular complexity index is 1240. The van der Waals surface area contributed by atoms with Gasteiger partial charge in [0.15, 0.2) is 0 Å². The summed E-state index contributed by atoms with van der Waals surface area (Å²) in [6.45, 7) is 0. The maximum atomic E-state index is 12.8. The zero-order chi connectivity index (χ0) is 25.0. The Morgan fingerprint density at radius 1 is 0.800 bits per heavy atom. The summed E-state index contributed by atoms with van der Waals surface area (Å²) in [5, 5.41) is 21.7. The minimum Gasteiger partial charge on any atom is -0.481 e. The third-order valence-corrected chi connectivity index (χ3v) is 6.70. The van der Waals surface area contributed by atoms with Gasteiger partial charge in [0.25, 0.3) is 0 Å². The second-order valence-corrected chi connectivity index (χ2v) is 8.96. The smallest absolute Gasteiger partial charge is 0.303 e. The molecule has 1 aliphatic rings. The zero-order valence-corrected chi connectivity index (χ0v) is 19.2. The number of fused-ring (bicyclic) bond motifs is 3. The highest BCUT2D eigenvalue weighted by Gasteiger charge is 2.43. The summed E-state index contributed by atoms with van der Waals surface area (Å²) in [6, 6.07) is 22.0. The van der Waals surface area contributed by atoms with Gasteiger partial charge in [-0.15, -0.1) is 0 Å². The molecule has 4 rings (SSSR count). The second kappa shape index (κ2) is 10.1. The van der Waals surface area contributed by atoms with Crippen molar-refractivity contribution in [2.75, 3.05) is 5.32 Å². The van der Waals surface area contributed by atoms with Crippen LogP contribution in [0.5, 0.6) is 0 Å². The maximum absolute atomic E-state index is 12.8. The molecule has 0 saturated carbocycles. The van der Waals surface area contributed by atoms with E-state index in [0.29, 0.717) is 12.1 Å². The van der Waals surface area contributed by atoms with Gasteiger partial charge >= 0.3 is 11.9 Å². The predicted molar refractivity (Wildman–Crippen MR) is 133 cm³/mol. The molecule has 0 aliphatic heterocycles. The molecule has 3 aromatic carbocycles. The molecule has 180 valence electrons. The van der Waals surface area contributed by atoms with E-state index in [1.54, 1.807) is 6.07 Å². The number of anilines is 1. The number of nitrogens with one attached hydrogen (secondary N) is 1. The molecule has 0 bridgehead atoms. The summed E-state index contributed by atoms with van der Waals surface area (Å²) in [4.78, 5) is 35.9. The third kappa shape index (κ3) is 5.10. The van der Waals surface area contributed by atoms with Crippen LogP contribution in [0.3, 0.4) is 0 Å². The second-order valence-electron chi connectivity index (χ2n) is 8.96. The molecule has 7 heteroatoms. The molecule has 0 saturated heterocycles. The lowest BCUT2D eigenvalue weighted by atomic mass is 9.71. The van der Waals surface area contributed by atoms with Crippen LogP contribution in [0.25, 0.3) is 11.1 Å². The van der Waals surface area contributed by atoms with E-state index in [-0.39, 0.29) is 31.6 Å². The lowest BCUT2D eigenvalue weighted by Crippen LogP contribution is -2.37. The van der Waals surface area contributed by atoms with Crippen LogP contribution in [0.1, 0.15) is 42.4 Å². The van der Waals surface area contributed by atoms with Gasteiger partial charge in [-0.1, -0.05) is 60.7 Å². The van der Waals surface area contributed by atoms with Crippen LogP contribution in [0, 0.1) is 0 Å². The van der Waals surface area contributed by atoms with Gasteiger partial charge in [0, 0.05) is 23.9 Å². The molecular weight excluding hydrogens is 444 g/mol. The molecule has 1 aliphatic carbocycles. The molecule has 5 N–H and O–H groups in total. The molecule has 1 unspecified atom stereocenters. The Morgan fingerprint density at radius 2 is 1.40 bits per heavy atom. The molecule has 3 aromatic rings. The average molecular weight is 473 g/mol. The first-order valence-electron chi connectivity index (χ1n) is 11.6. The van der Waals surface area contributed by atoms with Crippen LogP contribution in [-0.2, 0) is 26.2 Å². The van der Waals surface area contributed by atoms with E-state index in [4.69, 9.17) is 5.73 Å². The summed E-state index contributed by atoms with van der Waals surface area (Å²) < 4.78 is 0. The van der Waals surface area contributed by atoms with Crippen molar-refractivity contribution in [2.24, 2.45) is 5.73 Å². The number of aliphatic carboxylic acids is 2. The van der Waals surface area contributed by atoms with Crippen molar-refractivity contribution in [3.05, 3.63) is 89.5 Å². The van der Waals surface area contributed by atoms with Crippen molar-refractivity contribution in [1.29, 1.82) is 0 Å². The Kier molecular flexibility index (Phi) is 6.98. The fourth-order valence-corrected chi connectivity index (χ4v) is 5.03. The molecule has 0 heterocycles. The number of nitrogens with two attached hydrogens (primary N) is 1. The van der Waals surface area contributed by atoms with Gasteiger partial charge in [-0.05, 0) is 59.2 Å². The summed E-state index contributed by atoms with van der Waals surface area (Å²) in [5.41, 5.74) is 10.5. The maximum Gasteiger partial charge on any atom is 0.303 e. The minimum atomic E-state index is -0.943. The van der Waals surface area contributed by atoms with E-state index >= 15 is 0 Å². The minimum absolute atomic E-state index is 0.105. The van der Waals surface area contributed by atoms with Gasteiger partial charge < -0.3 is 21.3 Å². The first kappa shape index (κ1) is 24.2. The summed E-state index contributed by atoms with van der Waals surface area (Å²) in [7, 11) is 0. The van der Waals surface area contributed by atoms with Crippen LogP contribution < -0.4 is 11.1 Å². The fourth-order valence-electron chi connectivity index (χ4n) is 5.03.